The summed E-state index contributed by atoms with van der Waals surface area (Å²) in [6.07, 6.45) is 3.73. The topological polar surface area (TPSA) is 107 Å². The maximum absolute atomic E-state index is 11.1. The molecule has 3 heterocycles. The Hall–Kier alpha value is -2.48. The zero-order valence-electron chi connectivity index (χ0n) is 12.2. The van der Waals surface area contributed by atoms with Gasteiger partial charge in [-0.1, -0.05) is 11.2 Å². The molecule has 1 atom stereocenters. The molecule has 2 aromatic rings. The number of amides is 1. The minimum absolute atomic E-state index is 0.00250. The van der Waals surface area contributed by atoms with Crippen molar-refractivity contribution >= 4 is 5.91 Å². The first-order chi connectivity index (χ1) is 10.7. The van der Waals surface area contributed by atoms with Crippen LogP contribution in [0.4, 0.5) is 0 Å². The number of carbonyl (C=O) groups is 1. The molecule has 2 N–H and O–H groups in total. The molecule has 0 aliphatic carbocycles. The lowest BCUT2D eigenvalue weighted by molar-refractivity contribution is 0.0987. The normalized spacial score (nSPS) is 18.5. The van der Waals surface area contributed by atoms with Crippen molar-refractivity contribution in [3.05, 3.63) is 35.6 Å². The first kappa shape index (κ1) is 14.5. The van der Waals surface area contributed by atoms with Crippen LogP contribution in [0.25, 0.3) is 0 Å². The molecule has 1 aliphatic heterocycles. The van der Waals surface area contributed by atoms with Gasteiger partial charge in [0.05, 0.1) is 13.2 Å². The van der Waals surface area contributed by atoms with Gasteiger partial charge in [-0.05, 0) is 24.9 Å². The predicted octanol–water partition coefficient (Wildman–Crippen LogP) is 0.909. The third-order valence-electron chi connectivity index (χ3n) is 3.70. The van der Waals surface area contributed by atoms with E-state index in [1.165, 1.54) is 0 Å². The third kappa shape index (κ3) is 2.91. The SMILES string of the molecule is COc1ccc(CN2CCCC2c2nc(C(N)=O)no2)cn1. The van der Waals surface area contributed by atoms with Crippen molar-refractivity contribution in [1.29, 1.82) is 0 Å². The van der Waals surface area contributed by atoms with E-state index in [1.54, 1.807) is 13.3 Å². The average Bonchev–Trinajstić information content (AvgIpc) is 3.16. The van der Waals surface area contributed by atoms with Crippen molar-refractivity contribution in [3.63, 3.8) is 0 Å². The molecule has 1 aliphatic rings. The summed E-state index contributed by atoms with van der Waals surface area (Å²) in [6.45, 7) is 1.64. The van der Waals surface area contributed by atoms with Crippen LogP contribution in [0.1, 0.15) is 41.0 Å². The van der Waals surface area contributed by atoms with Gasteiger partial charge in [0.1, 0.15) is 0 Å². The molecular formula is C14H17N5O3. The van der Waals surface area contributed by atoms with Crippen LogP contribution >= 0.6 is 0 Å². The fourth-order valence-corrected chi connectivity index (χ4v) is 2.63. The summed E-state index contributed by atoms with van der Waals surface area (Å²) in [7, 11) is 1.59. The molecule has 8 nitrogen and oxygen atoms in total. The van der Waals surface area contributed by atoms with Crippen molar-refractivity contribution < 1.29 is 14.1 Å². The van der Waals surface area contributed by atoms with Crippen molar-refractivity contribution in [2.45, 2.75) is 25.4 Å². The van der Waals surface area contributed by atoms with Crippen LogP contribution in [0, 0.1) is 0 Å². The predicted molar refractivity (Wildman–Crippen MR) is 76.0 cm³/mol. The lowest BCUT2D eigenvalue weighted by Gasteiger charge is -2.21. The third-order valence-corrected chi connectivity index (χ3v) is 3.70. The number of pyridine rings is 1. The molecule has 1 saturated heterocycles. The van der Waals surface area contributed by atoms with Crippen molar-refractivity contribution in [2.75, 3.05) is 13.7 Å². The molecule has 0 radical (unpaired) electrons. The Balaban J connectivity index is 1.73. The quantitative estimate of drug-likeness (QED) is 0.874. The van der Waals surface area contributed by atoms with E-state index in [9.17, 15) is 4.79 Å². The van der Waals surface area contributed by atoms with Gasteiger partial charge in [0, 0.05) is 18.8 Å². The number of nitrogens with zero attached hydrogens (tertiary/aromatic N) is 4. The Labute approximate surface area is 127 Å². The fraction of sp³-hybridized carbons (Fsp3) is 0.429. The smallest absolute Gasteiger partial charge is 0.290 e. The minimum Gasteiger partial charge on any atom is -0.481 e. The molecule has 3 rings (SSSR count). The number of nitrogens with two attached hydrogens (primary N) is 1. The summed E-state index contributed by atoms with van der Waals surface area (Å²) in [5.41, 5.74) is 6.23. The van der Waals surface area contributed by atoms with E-state index in [1.807, 2.05) is 12.1 Å². The van der Waals surface area contributed by atoms with Gasteiger partial charge < -0.3 is 15.0 Å². The molecule has 116 valence electrons. The number of carbonyl (C=O) groups excluding carboxylic acids is 1. The second-order valence-electron chi connectivity index (χ2n) is 5.16. The largest absolute Gasteiger partial charge is 0.481 e. The fourth-order valence-electron chi connectivity index (χ4n) is 2.63. The van der Waals surface area contributed by atoms with E-state index >= 15 is 0 Å². The maximum atomic E-state index is 11.1. The number of likely N-dealkylation sites (tertiary alicyclic amines) is 1. The van der Waals surface area contributed by atoms with Gasteiger partial charge in [0.25, 0.3) is 11.7 Å². The number of methoxy groups -OCH3 is 1. The molecule has 0 spiro atoms. The molecular weight excluding hydrogens is 286 g/mol. The molecule has 8 heteroatoms. The zero-order valence-corrected chi connectivity index (χ0v) is 12.2. The Morgan fingerprint density at radius 1 is 1.55 bits per heavy atom. The average molecular weight is 303 g/mol. The van der Waals surface area contributed by atoms with Gasteiger partial charge in [-0.2, -0.15) is 4.98 Å². The molecule has 1 amide bonds. The molecule has 22 heavy (non-hydrogen) atoms. The summed E-state index contributed by atoms with van der Waals surface area (Å²) in [6, 6.07) is 3.81. The van der Waals surface area contributed by atoms with E-state index in [2.05, 4.69) is 20.0 Å². The van der Waals surface area contributed by atoms with Crippen LogP contribution < -0.4 is 10.5 Å². The van der Waals surface area contributed by atoms with Crippen molar-refractivity contribution in [1.82, 2.24) is 20.0 Å². The minimum atomic E-state index is -0.682. The van der Waals surface area contributed by atoms with Gasteiger partial charge in [-0.3, -0.25) is 9.69 Å². The van der Waals surface area contributed by atoms with Crippen LogP contribution in [0.5, 0.6) is 5.88 Å². The van der Waals surface area contributed by atoms with Crippen LogP contribution in [-0.2, 0) is 6.54 Å². The highest BCUT2D eigenvalue weighted by molar-refractivity contribution is 5.88. The summed E-state index contributed by atoms with van der Waals surface area (Å²) >= 11 is 0. The molecule has 1 fully saturated rings. The Morgan fingerprint density at radius 2 is 2.41 bits per heavy atom. The maximum Gasteiger partial charge on any atom is 0.290 e. The number of rotatable bonds is 5. The Bertz CT molecular complexity index is 655. The van der Waals surface area contributed by atoms with Crippen LogP contribution in [-0.4, -0.2) is 39.6 Å². The van der Waals surface area contributed by atoms with E-state index < -0.39 is 5.91 Å². The summed E-state index contributed by atoms with van der Waals surface area (Å²) in [5, 5.41) is 3.61. The van der Waals surface area contributed by atoms with Crippen LogP contribution in [0.15, 0.2) is 22.9 Å². The summed E-state index contributed by atoms with van der Waals surface area (Å²) in [5.74, 6) is 0.268. The molecule has 0 saturated carbocycles. The Morgan fingerprint density at radius 3 is 3.05 bits per heavy atom. The standard InChI is InChI=1S/C14H17N5O3/c1-21-11-5-4-9(7-16-11)8-19-6-2-3-10(19)14-17-13(12(15)20)18-22-14/h4-5,7,10H,2-3,6,8H2,1H3,(H2,15,20). The van der Waals surface area contributed by atoms with E-state index in [0.29, 0.717) is 11.8 Å². The second kappa shape index (κ2) is 6.10. The highest BCUT2D eigenvalue weighted by Crippen LogP contribution is 2.32. The molecule has 0 aromatic carbocycles. The Kier molecular flexibility index (Phi) is 4.01. The number of hydrogen-bond acceptors (Lipinski definition) is 7. The van der Waals surface area contributed by atoms with Gasteiger partial charge in [-0.15, -0.1) is 0 Å². The highest BCUT2D eigenvalue weighted by Gasteiger charge is 2.31. The highest BCUT2D eigenvalue weighted by atomic mass is 16.5. The molecule has 2 aromatic heterocycles. The summed E-state index contributed by atoms with van der Waals surface area (Å²) in [4.78, 5) is 21.6. The zero-order chi connectivity index (χ0) is 15.5. The number of hydrogen-bond donors (Lipinski definition) is 1. The second-order valence-corrected chi connectivity index (χ2v) is 5.16. The monoisotopic (exact) mass is 303 g/mol. The van der Waals surface area contributed by atoms with E-state index in [4.69, 9.17) is 15.0 Å². The number of aromatic nitrogens is 3. The van der Waals surface area contributed by atoms with Gasteiger partial charge >= 0.3 is 0 Å². The van der Waals surface area contributed by atoms with Crippen LogP contribution in [0.3, 0.4) is 0 Å². The van der Waals surface area contributed by atoms with Gasteiger partial charge in [-0.25, -0.2) is 4.98 Å². The number of ether oxygens (including phenoxy) is 1. The lowest BCUT2D eigenvalue weighted by Crippen LogP contribution is -2.23. The van der Waals surface area contributed by atoms with Gasteiger partial charge in [0.2, 0.25) is 11.8 Å². The van der Waals surface area contributed by atoms with Crippen LogP contribution in [0.2, 0.25) is 0 Å². The first-order valence-electron chi connectivity index (χ1n) is 7.03. The van der Waals surface area contributed by atoms with Crippen molar-refractivity contribution in [3.8, 4) is 5.88 Å². The van der Waals surface area contributed by atoms with Gasteiger partial charge in [0.15, 0.2) is 0 Å². The molecule has 0 bridgehead atoms. The number of primary amides is 1. The lowest BCUT2D eigenvalue weighted by atomic mass is 10.2. The van der Waals surface area contributed by atoms with E-state index in [0.717, 1.165) is 31.5 Å². The van der Waals surface area contributed by atoms with Crippen molar-refractivity contribution in [2.24, 2.45) is 5.73 Å². The summed E-state index contributed by atoms with van der Waals surface area (Å²) < 4.78 is 10.2. The first-order valence-corrected chi connectivity index (χ1v) is 7.03. The molecule has 1 unspecified atom stereocenters. The van der Waals surface area contributed by atoms with E-state index in [-0.39, 0.29) is 11.9 Å².